The lowest BCUT2D eigenvalue weighted by molar-refractivity contribution is -0.152. The number of carbonyl (C=O) groups excluding carboxylic acids is 2. The molecule has 2 rings (SSSR count). The molecule has 6 nitrogen and oxygen atoms in total. The standard InChI is InChI=1S/C15H18N2O4/c1-9-3-5-11(6-4-9)16-13(18)14(19)17-8-7-10(2)12(17)15(20)21/h3-6,10,12H,7-8H2,1-2H3,(H,16,18)(H,20,21). The van der Waals surface area contributed by atoms with Gasteiger partial charge in [0, 0.05) is 12.2 Å². The molecule has 1 heterocycles. The SMILES string of the molecule is Cc1ccc(NC(=O)C(=O)N2CCC(C)C2C(=O)O)cc1. The molecule has 112 valence electrons. The highest BCUT2D eigenvalue weighted by Crippen LogP contribution is 2.24. The number of hydrogen-bond acceptors (Lipinski definition) is 3. The summed E-state index contributed by atoms with van der Waals surface area (Å²) in [5.74, 6) is -2.83. The quantitative estimate of drug-likeness (QED) is 0.803. The molecule has 2 unspecified atom stereocenters. The number of nitrogens with one attached hydrogen (secondary N) is 1. The molecule has 1 aromatic rings. The summed E-state index contributed by atoms with van der Waals surface area (Å²) in [4.78, 5) is 36.4. The van der Waals surface area contributed by atoms with Gasteiger partial charge in [-0.25, -0.2) is 4.79 Å². The Morgan fingerprint density at radius 1 is 1.24 bits per heavy atom. The van der Waals surface area contributed by atoms with Crippen LogP contribution in [0.1, 0.15) is 18.9 Å². The Kier molecular flexibility index (Phi) is 4.26. The molecular formula is C15H18N2O4. The third-order valence-corrected chi connectivity index (χ3v) is 3.72. The predicted molar refractivity (Wildman–Crippen MR) is 76.7 cm³/mol. The van der Waals surface area contributed by atoms with E-state index >= 15 is 0 Å². The second kappa shape index (κ2) is 5.95. The molecule has 0 aliphatic carbocycles. The summed E-state index contributed by atoms with van der Waals surface area (Å²) < 4.78 is 0. The van der Waals surface area contributed by atoms with E-state index in [1.54, 1.807) is 19.1 Å². The molecule has 0 bridgehead atoms. The maximum atomic E-state index is 12.1. The first kappa shape index (κ1) is 15.0. The van der Waals surface area contributed by atoms with Crippen molar-refractivity contribution in [3.8, 4) is 0 Å². The van der Waals surface area contributed by atoms with Crippen LogP contribution >= 0.6 is 0 Å². The molecule has 6 heteroatoms. The van der Waals surface area contributed by atoms with Crippen molar-refractivity contribution in [3.63, 3.8) is 0 Å². The first-order valence-corrected chi connectivity index (χ1v) is 6.81. The van der Waals surface area contributed by atoms with Crippen molar-refractivity contribution < 1.29 is 19.5 Å². The topological polar surface area (TPSA) is 86.7 Å². The number of rotatable bonds is 2. The van der Waals surface area contributed by atoms with E-state index in [2.05, 4.69) is 5.32 Å². The summed E-state index contributed by atoms with van der Waals surface area (Å²) >= 11 is 0. The lowest BCUT2D eigenvalue weighted by atomic mass is 10.0. The minimum atomic E-state index is -1.07. The van der Waals surface area contributed by atoms with Gasteiger partial charge in [-0.15, -0.1) is 0 Å². The summed E-state index contributed by atoms with van der Waals surface area (Å²) in [6.45, 7) is 3.97. The van der Waals surface area contributed by atoms with E-state index in [9.17, 15) is 19.5 Å². The van der Waals surface area contributed by atoms with E-state index in [-0.39, 0.29) is 12.5 Å². The van der Waals surface area contributed by atoms with Crippen molar-refractivity contribution in [1.29, 1.82) is 0 Å². The van der Waals surface area contributed by atoms with Gasteiger partial charge < -0.3 is 15.3 Å². The maximum Gasteiger partial charge on any atom is 0.326 e. The number of hydrogen-bond donors (Lipinski definition) is 2. The fourth-order valence-electron chi connectivity index (χ4n) is 2.50. The van der Waals surface area contributed by atoms with Gasteiger partial charge in [0.15, 0.2) is 0 Å². The number of anilines is 1. The molecule has 2 N–H and O–H groups in total. The second-order valence-electron chi connectivity index (χ2n) is 5.37. The van der Waals surface area contributed by atoms with Crippen molar-refractivity contribution in [2.75, 3.05) is 11.9 Å². The lowest BCUT2D eigenvalue weighted by Crippen LogP contribution is -2.47. The van der Waals surface area contributed by atoms with Crippen molar-refractivity contribution in [3.05, 3.63) is 29.8 Å². The maximum absolute atomic E-state index is 12.1. The van der Waals surface area contributed by atoms with E-state index in [0.717, 1.165) is 10.5 Å². The number of likely N-dealkylation sites (tertiary alicyclic amines) is 1. The van der Waals surface area contributed by atoms with E-state index in [0.29, 0.717) is 12.1 Å². The van der Waals surface area contributed by atoms with Crippen molar-refractivity contribution in [2.24, 2.45) is 5.92 Å². The highest BCUT2D eigenvalue weighted by molar-refractivity contribution is 6.39. The number of amides is 2. The molecule has 1 aliphatic heterocycles. The summed E-state index contributed by atoms with van der Waals surface area (Å²) in [5.41, 5.74) is 1.55. The van der Waals surface area contributed by atoms with Gasteiger partial charge in [-0.1, -0.05) is 24.6 Å². The van der Waals surface area contributed by atoms with Crippen molar-refractivity contribution >= 4 is 23.5 Å². The number of carboxylic acid groups (broad SMARTS) is 1. The Morgan fingerprint density at radius 3 is 2.43 bits per heavy atom. The van der Waals surface area contributed by atoms with Crippen LogP contribution < -0.4 is 5.32 Å². The van der Waals surface area contributed by atoms with E-state index in [1.807, 2.05) is 19.1 Å². The predicted octanol–water partition coefficient (Wildman–Crippen LogP) is 1.26. The number of carboxylic acids is 1. The van der Waals surface area contributed by atoms with Crippen LogP contribution in [0.4, 0.5) is 5.69 Å². The minimum Gasteiger partial charge on any atom is -0.480 e. The molecule has 2 amide bonds. The first-order chi connectivity index (χ1) is 9.90. The highest BCUT2D eigenvalue weighted by atomic mass is 16.4. The van der Waals surface area contributed by atoms with Gasteiger partial charge in [0.25, 0.3) is 0 Å². The highest BCUT2D eigenvalue weighted by Gasteiger charge is 2.41. The smallest absolute Gasteiger partial charge is 0.326 e. The van der Waals surface area contributed by atoms with Crippen molar-refractivity contribution in [1.82, 2.24) is 4.90 Å². The Bertz CT molecular complexity index is 568. The van der Waals surface area contributed by atoms with Crippen LogP contribution in [0.25, 0.3) is 0 Å². The summed E-state index contributed by atoms with van der Waals surface area (Å²) in [7, 11) is 0. The van der Waals surface area contributed by atoms with E-state index in [1.165, 1.54) is 0 Å². The zero-order valence-electron chi connectivity index (χ0n) is 12.0. The van der Waals surface area contributed by atoms with Crippen LogP contribution in [0, 0.1) is 12.8 Å². The summed E-state index contributed by atoms with van der Waals surface area (Å²) in [5, 5.41) is 11.7. The third kappa shape index (κ3) is 3.21. The molecule has 21 heavy (non-hydrogen) atoms. The molecule has 1 aliphatic rings. The fourth-order valence-corrected chi connectivity index (χ4v) is 2.50. The van der Waals surface area contributed by atoms with Crippen molar-refractivity contribution in [2.45, 2.75) is 26.3 Å². The van der Waals surface area contributed by atoms with Gasteiger partial charge in [0.1, 0.15) is 6.04 Å². The Morgan fingerprint density at radius 2 is 1.86 bits per heavy atom. The Balaban J connectivity index is 2.07. The Labute approximate surface area is 122 Å². The zero-order valence-corrected chi connectivity index (χ0v) is 12.0. The molecule has 0 radical (unpaired) electrons. The minimum absolute atomic E-state index is 0.154. The monoisotopic (exact) mass is 290 g/mol. The summed E-state index contributed by atoms with van der Waals surface area (Å²) in [6, 6.07) is 6.10. The molecule has 2 atom stereocenters. The van der Waals surface area contributed by atoms with E-state index < -0.39 is 23.8 Å². The van der Waals surface area contributed by atoms with Crippen LogP contribution in [-0.4, -0.2) is 40.4 Å². The van der Waals surface area contributed by atoms with E-state index in [4.69, 9.17) is 0 Å². The number of nitrogens with zero attached hydrogens (tertiary/aromatic N) is 1. The van der Waals surface area contributed by atoms with Gasteiger partial charge in [0.2, 0.25) is 0 Å². The third-order valence-electron chi connectivity index (χ3n) is 3.72. The lowest BCUT2D eigenvalue weighted by Gasteiger charge is -2.22. The molecule has 1 aromatic carbocycles. The molecule has 0 aromatic heterocycles. The molecule has 0 spiro atoms. The number of benzene rings is 1. The molecule has 1 fully saturated rings. The van der Waals surface area contributed by atoms with Crippen LogP contribution in [0.2, 0.25) is 0 Å². The summed E-state index contributed by atoms with van der Waals surface area (Å²) in [6.07, 6.45) is 0.584. The van der Waals surface area contributed by atoms with Crippen LogP contribution in [0.5, 0.6) is 0 Å². The average molecular weight is 290 g/mol. The fraction of sp³-hybridized carbons (Fsp3) is 0.400. The second-order valence-corrected chi connectivity index (χ2v) is 5.37. The normalized spacial score (nSPS) is 21.1. The Hall–Kier alpha value is -2.37. The van der Waals surface area contributed by atoms with Gasteiger partial charge in [-0.05, 0) is 31.4 Å². The number of carbonyl (C=O) groups is 3. The molecular weight excluding hydrogens is 272 g/mol. The van der Waals surface area contributed by atoms with Gasteiger partial charge in [-0.3, -0.25) is 9.59 Å². The van der Waals surface area contributed by atoms with Crippen LogP contribution in [-0.2, 0) is 14.4 Å². The van der Waals surface area contributed by atoms with Gasteiger partial charge in [0.05, 0.1) is 0 Å². The molecule has 0 saturated carbocycles. The van der Waals surface area contributed by atoms with Gasteiger partial charge in [-0.2, -0.15) is 0 Å². The average Bonchev–Trinajstić information content (AvgIpc) is 2.82. The van der Waals surface area contributed by atoms with Gasteiger partial charge >= 0.3 is 17.8 Å². The number of aryl methyl sites for hydroxylation is 1. The van der Waals surface area contributed by atoms with Crippen LogP contribution in [0.3, 0.4) is 0 Å². The zero-order chi connectivity index (χ0) is 15.6. The molecule has 1 saturated heterocycles. The van der Waals surface area contributed by atoms with Crippen LogP contribution in [0.15, 0.2) is 24.3 Å². The first-order valence-electron chi connectivity index (χ1n) is 6.81. The largest absolute Gasteiger partial charge is 0.480 e. The number of aliphatic carboxylic acids is 1.